The van der Waals surface area contributed by atoms with E-state index in [0.717, 1.165) is 32.1 Å². The van der Waals surface area contributed by atoms with E-state index >= 15 is 0 Å². The van der Waals surface area contributed by atoms with E-state index in [1.54, 1.807) is 0 Å². The Balaban J connectivity index is 1.91. The van der Waals surface area contributed by atoms with Crippen molar-refractivity contribution in [2.45, 2.75) is 76.7 Å². The van der Waals surface area contributed by atoms with Gasteiger partial charge in [-0.2, -0.15) is 0 Å². The van der Waals surface area contributed by atoms with Crippen molar-refractivity contribution in [3.05, 3.63) is 10.2 Å². The van der Waals surface area contributed by atoms with Gasteiger partial charge < -0.3 is 14.7 Å². The molecule has 0 spiro atoms. The Morgan fingerprint density at radius 3 is 2.77 bits per heavy atom. The summed E-state index contributed by atoms with van der Waals surface area (Å²) in [4.78, 5) is 14.7. The van der Waals surface area contributed by atoms with Crippen LogP contribution in [0.5, 0.6) is 0 Å². The second-order valence-electron chi connectivity index (χ2n) is 8.15. The molecule has 3 rings (SSSR count). The lowest BCUT2D eigenvalue weighted by atomic mass is 9.88. The third-order valence-electron chi connectivity index (χ3n) is 5.96. The van der Waals surface area contributed by atoms with Crippen LogP contribution in [0.1, 0.15) is 57.4 Å². The summed E-state index contributed by atoms with van der Waals surface area (Å²) in [6.07, 6.45) is 9.65. The highest BCUT2D eigenvalue weighted by Gasteiger charge is 2.52. The third-order valence-corrected chi connectivity index (χ3v) is 7.24. The Labute approximate surface area is 193 Å². The molecule has 172 valence electrons. The molecule has 0 aliphatic carbocycles. The van der Waals surface area contributed by atoms with Crippen LogP contribution in [0.25, 0.3) is 0 Å². The third kappa shape index (κ3) is 5.05. The number of nitrogens with zero attached hydrogens (tertiary/aromatic N) is 4. The fraction of sp³-hybridized carbons (Fsp3) is 0.762. The van der Waals surface area contributed by atoms with Gasteiger partial charge in [0.25, 0.3) is 6.23 Å². The predicted octanol–water partition coefficient (Wildman–Crippen LogP) is 3.42. The van der Waals surface area contributed by atoms with Crippen LogP contribution in [0.4, 0.5) is 5.13 Å². The van der Waals surface area contributed by atoms with Crippen molar-refractivity contribution in [2.24, 2.45) is 0 Å². The quantitative estimate of drug-likeness (QED) is 0.170. The molecule has 0 amide bonds. The highest BCUT2D eigenvalue weighted by molar-refractivity contribution is 7.15. The number of alkyl halides is 1. The van der Waals surface area contributed by atoms with E-state index < -0.39 is 28.5 Å². The van der Waals surface area contributed by atoms with Gasteiger partial charge in [0, 0.05) is 18.9 Å². The SMILES string of the molecule is C#CC(CCC)(CCC)N1CC(OC(=O)C2CCCO2)[N+]([O-])(c2nnc(CCCl)s2)C1. The molecule has 1 aromatic heterocycles. The molecule has 0 saturated carbocycles. The van der Waals surface area contributed by atoms with Crippen LogP contribution in [0.15, 0.2) is 0 Å². The predicted molar refractivity (Wildman–Crippen MR) is 121 cm³/mol. The first-order valence-corrected chi connectivity index (χ1v) is 12.3. The number of hydrogen-bond donors (Lipinski definition) is 0. The number of rotatable bonds is 10. The number of aryl methyl sites for hydroxylation is 1. The minimum Gasteiger partial charge on any atom is -0.622 e. The number of halogens is 1. The summed E-state index contributed by atoms with van der Waals surface area (Å²) in [5.41, 5.74) is -0.563. The summed E-state index contributed by atoms with van der Waals surface area (Å²) >= 11 is 7.04. The molecule has 3 atom stereocenters. The van der Waals surface area contributed by atoms with Crippen molar-refractivity contribution in [2.75, 3.05) is 25.7 Å². The maximum Gasteiger partial charge on any atom is 0.339 e. The zero-order valence-corrected chi connectivity index (χ0v) is 19.8. The summed E-state index contributed by atoms with van der Waals surface area (Å²) in [6.45, 7) is 4.99. The van der Waals surface area contributed by atoms with E-state index in [4.69, 9.17) is 27.5 Å². The molecule has 2 aliphatic rings. The van der Waals surface area contributed by atoms with E-state index in [2.05, 4.69) is 30.0 Å². The largest absolute Gasteiger partial charge is 0.622 e. The molecule has 0 N–H and O–H groups in total. The molecule has 0 aromatic carbocycles. The van der Waals surface area contributed by atoms with Gasteiger partial charge in [0.1, 0.15) is 11.7 Å². The van der Waals surface area contributed by atoms with E-state index in [9.17, 15) is 10.0 Å². The normalized spacial score (nSPS) is 26.8. The van der Waals surface area contributed by atoms with Crippen molar-refractivity contribution >= 4 is 34.0 Å². The number of esters is 1. The molecule has 8 nitrogen and oxygen atoms in total. The van der Waals surface area contributed by atoms with Gasteiger partial charge in [-0.05, 0) is 37.0 Å². The molecular weight excluding hydrogens is 440 g/mol. The maximum absolute atomic E-state index is 14.2. The van der Waals surface area contributed by atoms with Gasteiger partial charge in [-0.15, -0.1) is 23.1 Å². The van der Waals surface area contributed by atoms with Gasteiger partial charge in [-0.1, -0.05) is 37.7 Å². The number of carbonyl (C=O) groups is 1. The molecule has 0 radical (unpaired) electrons. The monoisotopic (exact) mass is 470 g/mol. The Morgan fingerprint density at radius 2 is 2.19 bits per heavy atom. The molecule has 10 heteroatoms. The smallest absolute Gasteiger partial charge is 0.339 e. The van der Waals surface area contributed by atoms with Crippen molar-refractivity contribution in [1.29, 1.82) is 0 Å². The van der Waals surface area contributed by atoms with Crippen LogP contribution in [0.3, 0.4) is 0 Å². The Kier molecular flexibility index (Phi) is 8.30. The molecule has 2 saturated heterocycles. The lowest BCUT2D eigenvalue weighted by Gasteiger charge is -2.40. The highest BCUT2D eigenvalue weighted by Crippen LogP contribution is 2.39. The number of carbonyl (C=O) groups excluding carboxylic acids is 1. The molecule has 31 heavy (non-hydrogen) atoms. The second kappa shape index (κ2) is 10.6. The Morgan fingerprint density at radius 1 is 1.45 bits per heavy atom. The van der Waals surface area contributed by atoms with Crippen LogP contribution in [0, 0.1) is 17.6 Å². The Bertz CT molecular complexity index is 789. The van der Waals surface area contributed by atoms with Gasteiger partial charge in [0.05, 0.1) is 12.1 Å². The number of ether oxygens (including phenoxy) is 2. The first kappa shape index (κ1) is 24.4. The lowest BCUT2D eigenvalue weighted by molar-refractivity contribution is -0.164. The standard InChI is InChI=1S/C21H31ClN4O4S/c1-4-10-21(6-3,11-5-2)25-14-18(30-19(27)16-8-7-13-29-16)26(28,15-25)20-24-23-17(31-20)9-12-22/h3,16,18H,4-5,7-15H2,1-2H3. The van der Waals surface area contributed by atoms with Gasteiger partial charge in [0.2, 0.25) is 0 Å². The van der Waals surface area contributed by atoms with Gasteiger partial charge in [-0.25, -0.2) is 9.69 Å². The summed E-state index contributed by atoms with van der Waals surface area (Å²) in [5.74, 6) is 2.86. The van der Waals surface area contributed by atoms with E-state index in [0.29, 0.717) is 30.3 Å². The topological polar surface area (TPSA) is 87.6 Å². The fourth-order valence-corrected chi connectivity index (χ4v) is 5.60. The molecule has 2 aliphatic heterocycles. The first-order valence-electron chi connectivity index (χ1n) is 10.9. The molecule has 0 bridgehead atoms. The minimum atomic E-state index is -0.977. The number of aromatic nitrogens is 2. The molecule has 3 heterocycles. The second-order valence-corrected chi connectivity index (χ2v) is 9.56. The van der Waals surface area contributed by atoms with Crippen molar-refractivity contribution in [3.8, 4) is 12.3 Å². The molecule has 2 fully saturated rings. The zero-order chi connectivity index (χ0) is 22.5. The van der Waals surface area contributed by atoms with Crippen molar-refractivity contribution < 1.29 is 14.3 Å². The molecular formula is C21H31ClN4O4S. The van der Waals surface area contributed by atoms with Crippen LogP contribution in [-0.2, 0) is 20.7 Å². The summed E-state index contributed by atoms with van der Waals surface area (Å²) in [7, 11) is 0. The summed E-state index contributed by atoms with van der Waals surface area (Å²) in [5, 5.41) is 23.4. The average Bonchev–Trinajstić information content (AvgIpc) is 3.50. The molecule has 3 unspecified atom stereocenters. The van der Waals surface area contributed by atoms with E-state index in [1.807, 2.05) is 4.90 Å². The van der Waals surface area contributed by atoms with E-state index in [-0.39, 0.29) is 18.3 Å². The van der Waals surface area contributed by atoms with Crippen LogP contribution >= 0.6 is 22.9 Å². The maximum atomic E-state index is 14.2. The van der Waals surface area contributed by atoms with E-state index in [1.165, 1.54) is 11.3 Å². The highest BCUT2D eigenvalue weighted by atomic mass is 35.5. The lowest BCUT2D eigenvalue weighted by Crippen LogP contribution is -2.53. The van der Waals surface area contributed by atoms with Gasteiger partial charge >= 0.3 is 11.1 Å². The fourth-order valence-electron chi connectivity index (χ4n) is 4.40. The number of hydroxylamine groups is 2. The van der Waals surface area contributed by atoms with Crippen molar-refractivity contribution in [3.63, 3.8) is 0 Å². The first-order chi connectivity index (χ1) is 14.9. The Hall–Kier alpha value is -1.28. The summed E-state index contributed by atoms with van der Waals surface area (Å²) in [6, 6.07) is 0. The number of terminal acetylenes is 1. The minimum absolute atomic E-state index is 0.0587. The van der Waals surface area contributed by atoms with Crippen LogP contribution < -0.4 is 4.65 Å². The van der Waals surface area contributed by atoms with Crippen LogP contribution in [0.2, 0.25) is 0 Å². The summed E-state index contributed by atoms with van der Waals surface area (Å²) < 4.78 is 10.3. The van der Waals surface area contributed by atoms with Crippen LogP contribution in [-0.4, -0.2) is 64.6 Å². The molecule has 1 aromatic rings. The van der Waals surface area contributed by atoms with Gasteiger partial charge in [-0.3, -0.25) is 4.65 Å². The average molecular weight is 471 g/mol. The van der Waals surface area contributed by atoms with Crippen molar-refractivity contribution in [1.82, 2.24) is 19.7 Å². The zero-order valence-electron chi connectivity index (χ0n) is 18.2. The number of hydrogen-bond acceptors (Lipinski definition) is 8. The number of quaternary nitrogens is 1. The van der Waals surface area contributed by atoms with Gasteiger partial charge in [0.15, 0.2) is 6.10 Å².